The molecule has 4 aromatic carbocycles. The molecule has 0 fully saturated rings. The number of rotatable bonds is 8. The third-order valence-electron chi connectivity index (χ3n) is 10.1. The van der Waals surface area contributed by atoms with Gasteiger partial charge >= 0.3 is 5.97 Å². The van der Waals surface area contributed by atoms with E-state index in [9.17, 15) is 44.1 Å². The summed E-state index contributed by atoms with van der Waals surface area (Å²) in [5.41, 5.74) is 3.95. The highest BCUT2D eigenvalue weighted by Crippen LogP contribution is 2.22. The van der Waals surface area contributed by atoms with Gasteiger partial charge in [0.2, 0.25) is 11.8 Å². The molecule has 0 unspecified atom stereocenters. The zero-order valence-electron chi connectivity index (χ0n) is 31.8. The van der Waals surface area contributed by atoms with Crippen molar-refractivity contribution in [3.05, 3.63) is 148 Å². The summed E-state index contributed by atoms with van der Waals surface area (Å²) in [6.45, 7) is 0. The van der Waals surface area contributed by atoms with Crippen LogP contribution in [0.4, 0.5) is 5.69 Å². The highest BCUT2D eigenvalue weighted by Gasteiger charge is 2.36. The van der Waals surface area contributed by atoms with Crippen molar-refractivity contribution in [1.82, 2.24) is 16.0 Å². The maximum atomic E-state index is 14.4. The molecule has 13 nitrogen and oxygen atoms in total. The van der Waals surface area contributed by atoms with E-state index in [1.54, 1.807) is 60.0 Å². The molecule has 0 aliphatic carbocycles. The van der Waals surface area contributed by atoms with Gasteiger partial charge in [-0.2, -0.15) is 0 Å². The Kier molecular flexibility index (Phi) is 14.1. The smallest absolute Gasteiger partial charge is 0.307 e. The molecule has 3 heterocycles. The lowest BCUT2D eigenvalue weighted by atomic mass is 9.90. The summed E-state index contributed by atoms with van der Waals surface area (Å²) >= 11 is 1.30. The molecule has 14 heteroatoms. The fourth-order valence-corrected chi connectivity index (χ4v) is 7.54. The van der Waals surface area contributed by atoms with E-state index in [1.165, 1.54) is 23.5 Å². The van der Waals surface area contributed by atoms with Crippen LogP contribution in [0.15, 0.2) is 127 Å². The van der Waals surface area contributed by atoms with Crippen molar-refractivity contribution in [2.24, 2.45) is 5.92 Å². The average molecular weight is 817 g/mol. The second-order valence-electron chi connectivity index (χ2n) is 14.4. The summed E-state index contributed by atoms with van der Waals surface area (Å²) in [5, 5.41) is 43.9. The lowest BCUT2D eigenvalue weighted by molar-refractivity contribution is -0.145. The predicted octanol–water partition coefficient (Wildman–Crippen LogP) is 3.47. The number of hydrogen-bond acceptors (Lipinski definition) is 9. The zero-order chi connectivity index (χ0) is 41.9. The Bertz CT molecular complexity index is 2230. The molecular weight excluding hydrogens is 773 g/mol. The third-order valence-corrected chi connectivity index (χ3v) is 11.0. The van der Waals surface area contributed by atoms with Crippen molar-refractivity contribution in [2.75, 3.05) is 5.32 Å². The summed E-state index contributed by atoms with van der Waals surface area (Å²) in [6.07, 6.45) is -5.10. The van der Waals surface area contributed by atoms with E-state index in [1.807, 2.05) is 54.6 Å². The topological polar surface area (TPSA) is 211 Å². The number of hydrogen-bond donors (Lipinski definition) is 7. The lowest BCUT2D eigenvalue weighted by Gasteiger charge is -2.26. The maximum Gasteiger partial charge on any atom is 0.307 e. The second-order valence-corrected chi connectivity index (χ2v) is 15.4. The first-order chi connectivity index (χ1) is 28.4. The Balaban J connectivity index is 1.37. The molecule has 7 rings (SSSR count). The van der Waals surface area contributed by atoms with E-state index in [0.29, 0.717) is 21.6 Å². The van der Waals surface area contributed by atoms with Gasteiger partial charge in [0.25, 0.3) is 11.8 Å². The summed E-state index contributed by atoms with van der Waals surface area (Å²) in [4.78, 5) is 82.2. The largest absolute Gasteiger partial charge is 0.481 e. The van der Waals surface area contributed by atoms with Crippen molar-refractivity contribution in [1.29, 1.82) is 0 Å². The number of ketones is 1. The Hall–Kier alpha value is -6.48. The first-order valence-electron chi connectivity index (χ1n) is 19.1. The highest BCUT2D eigenvalue weighted by molar-refractivity contribution is 7.09. The zero-order valence-corrected chi connectivity index (χ0v) is 32.6. The number of aliphatic carboxylic acids is 1. The number of anilines is 1. The minimum absolute atomic E-state index is 0.0376. The van der Waals surface area contributed by atoms with Crippen LogP contribution in [0.25, 0.3) is 11.1 Å². The molecular formula is C45H44N4O9S. The molecule has 1 aromatic heterocycles. The Morgan fingerprint density at radius 3 is 1.73 bits per heavy atom. The molecule has 0 spiro atoms. The fraction of sp³-hybridized carbons (Fsp3) is 0.244. The average Bonchev–Trinajstić information content (AvgIpc) is 3.76. The number of carbonyl (C=O) groups is 6. The van der Waals surface area contributed by atoms with Gasteiger partial charge in [-0.15, -0.1) is 11.3 Å². The molecule has 59 heavy (non-hydrogen) atoms. The van der Waals surface area contributed by atoms with Gasteiger partial charge in [-0.1, -0.05) is 103 Å². The molecule has 5 aromatic rings. The van der Waals surface area contributed by atoms with Gasteiger partial charge in [-0.25, -0.2) is 0 Å². The number of amides is 4. The standard InChI is InChI=1S/C45H44N4O9S/c50-38-25-32(45(57)58)22-28-15-19-33(20-16-28)46-43(55)39(51)40(52)44(56)49-37(26-34-12-7-21-59-34)42(54)48-36(41(53)47-35(38)23-27-8-3-1-4-9-27)24-29-13-17-31(18-14-29)30-10-5-2-6-11-30/h1-21,32,35-37,39-40,51-52H,22-26H2,(H,46,55)(H,47,53)(H,48,54)(H,49,56)(H,57,58)/t32-,35+,36+,37+,39+,40+/m0/s1. The van der Waals surface area contributed by atoms with Crippen molar-refractivity contribution in [3.63, 3.8) is 0 Å². The van der Waals surface area contributed by atoms with Crippen molar-refractivity contribution < 1.29 is 44.1 Å². The first-order valence-corrected chi connectivity index (χ1v) is 19.9. The molecule has 4 amide bonds. The van der Waals surface area contributed by atoms with E-state index < -0.39 is 78.1 Å². The lowest BCUT2D eigenvalue weighted by Crippen LogP contribution is -2.58. The molecule has 2 aliphatic heterocycles. The van der Waals surface area contributed by atoms with E-state index in [-0.39, 0.29) is 31.4 Å². The van der Waals surface area contributed by atoms with Crippen molar-refractivity contribution >= 4 is 52.4 Å². The molecule has 7 N–H and O–H groups in total. The van der Waals surface area contributed by atoms with E-state index in [2.05, 4.69) is 21.3 Å². The van der Waals surface area contributed by atoms with Crippen LogP contribution in [0.3, 0.4) is 0 Å². The van der Waals surface area contributed by atoms with Gasteiger partial charge in [0.05, 0.1) is 12.0 Å². The van der Waals surface area contributed by atoms with Crippen molar-refractivity contribution in [2.45, 2.75) is 62.4 Å². The summed E-state index contributed by atoms with van der Waals surface area (Å²) in [7, 11) is 0. The van der Waals surface area contributed by atoms with Crippen LogP contribution < -0.4 is 21.3 Å². The van der Waals surface area contributed by atoms with Crippen molar-refractivity contribution in [3.8, 4) is 11.1 Å². The Morgan fingerprint density at radius 1 is 0.559 bits per heavy atom. The van der Waals surface area contributed by atoms with Crippen LogP contribution in [0, 0.1) is 5.92 Å². The molecule has 0 radical (unpaired) electrons. The second kappa shape index (κ2) is 19.8. The molecule has 6 atom stereocenters. The van der Waals surface area contributed by atoms with Crippen LogP contribution in [-0.2, 0) is 54.5 Å². The van der Waals surface area contributed by atoms with E-state index >= 15 is 0 Å². The number of benzene rings is 4. The van der Waals surface area contributed by atoms with Crippen LogP contribution >= 0.6 is 11.3 Å². The molecule has 0 saturated carbocycles. The number of carboxylic acids is 1. The maximum absolute atomic E-state index is 14.4. The number of carbonyl (C=O) groups excluding carboxylic acids is 5. The normalized spacial score (nSPS) is 22.3. The van der Waals surface area contributed by atoms with Crippen LogP contribution in [0.1, 0.15) is 28.0 Å². The number of Topliss-reactive ketones (excluding diaryl/α,β-unsaturated/α-hetero) is 1. The van der Waals surface area contributed by atoms with E-state index in [4.69, 9.17) is 0 Å². The van der Waals surface area contributed by atoms with Gasteiger partial charge in [0.1, 0.15) is 12.1 Å². The van der Waals surface area contributed by atoms with Crippen LogP contribution in [0.2, 0.25) is 0 Å². The Morgan fingerprint density at radius 2 is 1.10 bits per heavy atom. The van der Waals surface area contributed by atoms with Crippen LogP contribution in [0.5, 0.6) is 0 Å². The van der Waals surface area contributed by atoms with Gasteiger partial charge in [-0.05, 0) is 64.2 Å². The number of carboxylic acid groups (broad SMARTS) is 1. The minimum Gasteiger partial charge on any atom is -0.481 e. The Labute approximate surface area is 344 Å². The number of aliphatic hydroxyl groups excluding tert-OH is 2. The summed E-state index contributed by atoms with van der Waals surface area (Å²) in [6, 6.07) is 31.5. The number of aliphatic hydroxyl groups is 2. The first kappa shape index (κ1) is 42.1. The van der Waals surface area contributed by atoms with Crippen LogP contribution in [-0.4, -0.2) is 81.0 Å². The summed E-state index contributed by atoms with van der Waals surface area (Å²) in [5.74, 6) is -6.82. The quantitative estimate of drug-likeness (QED) is 0.114. The third kappa shape index (κ3) is 11.6. The number of fused-ring (bicyclic) bond motifs is 18. The monoisotopic (exact) mass is 816 g/mol. The molecule has 304 valence electrons. The SMILES string of the molecule is O=C(O)[C@@H]1CC(=O)[C@@H](Cc2ccccc2)NC(=O)[C@@H](Cc2ccc(-c3ccccc3)cc2)NC(=O)[C@@H](Cc2cccs2)NC(=O)[C@H](O)[C@@H](O)C(=O)Nc2ccc(cc2)C1. The van der Waals surface area contributed by atoms with Gasteiger partial charge in [-0.3, -0.25) is 28.8 Å². The van der Waals surface area contributed by atoms with E-state index in [0.717, 1.165) is 11.1 Å². The van der Waals surface area contributed by atoms with Gasteiger partial charge in [0, 0.05) is 29.8 Å². The molecule has 2 aliphatic rings. The minimum atomic E-state index is -2.29. The molecule has 0 saturated heterocycles. The highest BCUT2D eigenvalue weighted by atomic mass is 32.1. The summed E-state index contributed by atoms with van der Waals surface area (Å²) < 4.78 is 0. The molecule has 2 bridgehead atoms. The predicted molar refractivity (Wildman–Crippen MR) is 221 cm³/mol. The fourth-order valence-electron chi connectivity index (χ4n) is 6.79. The number of nitrogens with one attached hydrogen (secondary N) is 4. The van der Waals surface area contributed by atoms with Gasteiger partial charge in [0.15, 0.2) is 18.0 Å². The van der Waals surface area contributed by atoms with Gasteiger partial charge < -0.3 is 36.6 Å². The number of thiophene rings is 1.